The van der Waals surface area contributed by atoms with Crippen LogP contribution in [0.25, 0.3) is 20.9 Å². The molecule has 28 heavy (non-hydrogen) atoms. The summed E-state index contributed by atoms with van der Waals surface area (Å²) in [5, 5.41) is 3.75. The Morgan fingerprint density at radius 2 is 1.89 bits per heavy atom. The standard InChI is InChI=1S/C22H19N3O2S/c1-14-9-15(2)11-18(10-14)27-13-20(26)24-17-6-3-5-16(12-17)21-25-19-7-4-8-23-22(19)28-21/h3-12H,13H2,1-2H3,(H,24,26). The van der Waals surface area contributed by atoms with E-state index in [1.807, 2.05) is 62.4 Å². The molecule has 2 heterocycles. The van der Waals surface area contributed by atoms with Crippen molar-refractivity contribution in [2.75, 3.05) is 11.9 Å². The Morgan fingerprint density at radius 3 is 2.68 bits per heavy atom. The number of pyridine rings is 1. The van der Waals surface area contributed by atoms with E-state index in [1.165, 1.54) is 11.3 Å². The third kappa shape index (κ3) is 4.18. The van der Waals surface area contributed by atoms with Crippen molar-refractivity contribution in [3.8, 4) is 16.3 Å². The van der Waals surface area contributed by atoms with Gasteiger partial charge in [-0.25, -0.2) is 9.97 Å². The zero-order valence-corrected chi connectivity index (χ0v) is 16.4. The van der Waals surface area contributed by atoms with Gasteiger partial charge >= 0.3 is 0 Å². The van der Waals surface area contributed by atoms with Gasteiger partial charge in [0.05, 0.1) is 0 Å². The zero-order valence-electron chi connectivity index (χ0n) is 15.6. The molecule has 5 nitrogen and oxygen atoms in total. The SMILES string of the molecule is Cc1cc(C)cc(OCC(=O)Nc2cccc(-c3nc4cccnc4s3)c2)c1. The number of hydrogen-bond acceptors (Lipinski definition) is 5. The average molecular weight is 389 g/mol. The molecule has 0 fully saturated rings. The number of aromatic nitrogens is 2. The number of nitrogens with one attached hydrogen (secondary N) is 1. The maximum absolute atomic E-state index is 12.3. The van der Waals surface area contributed by atoms with Crippen molar-refractivity contribution in [2.45, 2.75) is 13.8 Å². The van der Waals surface area contributed by atoms with Crippen LogP contribution in [0.2, 0.25) is 0 Å². The van der Waals surface area contributed by atoms with E-state index in [-0.39, 0.29) is 12.5 Å². The number of fused-ring (bicyclic) bond motifs is 1. The lowest BCUT2D eigenvalue weighted by molar-refractivity contribution is -0.118. The van der Waals surface area contributed by atoms with Crippen molar-refractivity contribution in [3.05, 3.63) is 71.9 Å². The summed E-state index contributed by atoms with van der Waals surface area (Å²) in [6, 6.07) is 17.3. The van der Waals surface area contributed by atoms with Crippen molar-refractivity contribution in [1.82, 2.24) is 9.97 Å². The summed E-state index contributed by atoms with van der Waals surface area (Å²) < 4.78 is 5.63. The second kappa shape index (κ2) is 7.78. The maximum Gasteiger partial charge on any atom is 0.262 e. The number of aryl methyl sites for hydroxylation is 2. The van der Waals surface area contributed by atoms with Gasteiger partial charge in [0.25, 0.3) is 5.91 Å². The second-order valence-electron chi connectivity index (χ2n) is 6.59. The van der Waals surface area contributed by atoms with Gasteiger partial charge in [0.1, 0.15) is 21.1 Å². The Morgan fingerprint density at radius 1 is 1.07 bits per heavy atom. The van der Waals surface area contributed by atoms with Crippen molar-refractivity contribution in [2.24, 2.45) is 0 Å². The molecule has 0 aliphatic rings. The molecule has 0 saturated carbocycles. The topological polar surface area (TPSA) is 64.1 Å². The Bertz CT molecular complexity index is 1100. The molecule has 2 aromatic carbocycles. The highest BCUT2D eigenvalue weighted by Crippen LogP contribution is 2.30. The van der Waals surface area contributed by atoms with Gasteiger partial charge in [0, 0.05) is 17.4 Å². The van der Waals surface area contributed by atoms with E-state index in [0.29, 0.717) is 11.4 Å². The predicted octanol–water partition coefficient (Wildman–Crippen LogP) is 4.99. The van der Waals surface area contributed by atoms with Crippen LogP contribution in [0.5, 0.6) is 5.75 Å². The number of thiazole rings is 1. The van der Waals surface area contributed by atoms with Crippen LogP contribution in [0, 0.1) is 13.8 Å². The van der Waals surface area contributed by atoms with Gasteiger partial charge in [-0.1, -0.05) is 29.5 Å². The van der Waals surface area contributed by atoms with E-state index in [2.05, 4.69) is 21.4 Å². The Kier molecular flexibility index (Phi) is 5.04. The summed E-state index contributed by atoms with van der Waals surface area (Å²) in [6.07, 6.45) is 1.76. The van der Waals surface area contributed by atoms with Crippen LogP contribution in [0.4, 0.5) is 5.69 Å². The number of benzene rings is 2. The molecule has 140 valence electrons. The average Bonchev–Trinajstić information content (AvgIpc) is 3.10. The number of nitrogens with zero attached hydrogens (tertiary/aromatic N) is 2. The highest BCUT2D eigenvalue weighted by Gasteiger charge is 2.09. The van der Waals surface area contributed by atoms with Crippen molar-refractivity contribution in [3.63, 3.8) is 0 Å². The summed E-state index contributed by atoms with van der Waals surface area (Å²) in [6.45, 7) is 3.96. The monoisotopic (exact) mass is 389 g/mol. The Balaban J connectivity index is 1.44. The molecule has 4 rings (SSSR count). The molecular formula is C22H19N3O2S. The first-order valence-electron chi connectivity index (χ1n) is 8.90. The number of carbonyl (C=O) groups is 1. The number of anilines is 1. The summed E-state index contributed by atoms with van der Waals surface area (Å²) in [5.74, 6) is 0.491. The summed E-state index contributed by atoms with van der Waals surface area (Å²) in [7, 11) is 0. The fraction of sp³-hybridized carbons (Fsp3) is 0.136. The fourth-order valence-electron chi connectivity index (χ4n) is 2.99. The molecule has 1 amide bonds. The predicted molar refractivity (Wildman–Crippen MR) is 113 cm³/mol. The number of rotatable bonds is 5. The van der Waals surface area contributed by atoms with Gasteiger partial charge in [0.15, 0.2) is 6.61 Å². The molecule has 0 atom stereocenters. The fourth-order valence-corrected chi connectivity index (χ4v) is 3.89. The van der Waals surface area contributed by atoms with Crippen molar-refractivity contribution >= 4 is 33.3 Å². The van der Waals surface area contributed by atoms with Gasteiger partial charge in [-0.05, 0) is 61.4 Å². The smallest absolute Gasteiger partial charge is 0.262 e. The summed E-state index contributed by atoms with van der Waals surface area (Å²) >= 11 is 1.53. The van der Waals surface area contributed by atoms with E-state index >= 15 is 0 Å². The number of ether oxygens (including phenoxy) is 1. The summed E-state index contributed by atoms with van der Waals surface area (Å²) in [5.41, 5.74) is 4.73. The minimum atomic E-state index is -0.206. The lowest BCUT2D eigenvalue weighted by atomic mass is 10.1. The quantitative estimate of drug-likeness (QED) is 0.522. The first-order chi connectivity index (χ1) is 13.6. The van der Waals surface area contributed by atoms with E-state index in [9.17, 15) is 4.79 Å². The molecule has 0 saturated heterocycles. The molecule has 4 aromatic rings. The van der Waals surface area contributed by atoms with Gasteiger partial charge in [-0.15, -0.1) is 0 Å². The van der Waals surface area contributed by atoms with Crippen LogP contribution in [0.15, 0.2) is 60.8 Å². The van der Waals surface area contributed by atoms with Gasteiger partial charge < -0.3 is 10.1 Å². The van der Waals surface area contributed by atoms with Crippen LogP contribution in [0.3, 0.4) is 0 Å². The minimum Gasteiger partial charge on any atom is -0.484 e. The number of carbonyl (C=O) groups excluding carboxylic acids is 1. The first kappa shape index (κ1) is 18.1. The highest BCUT2D eigenvalue weighted by molar-refractivity contribution is 7.21. The molecule has 1 N–H and O–H groups in total. The van der Waals surface area contributed by atoms with Crippen LogP contribution in [-0.2, 0) is 4.79 Å². The third-order valence-corrected chi connectivity index (χ3v) is 5.15. The Hall–Kier alpha value is -3.25. The van der Waals surface area contributed by atoms with Crippen LogP contribution < -0.4 is 10.1 Å². The lowest BCUT2D eigenvalue weighted by Gasteiger charge is -2.09. The van der Waals surface area contributed by atoms with Gasteiger partial charge in [-0.2, -0.15) is 0 Å². The van der Waals surface area contributed by atoms with Gasteiger partial charge in [-0.3, -0.25) is 4.79 Å². The Labute approximate surface area is 167 Å². The highest BCUT2D eigenvalue weighted by atomic mass is 32.1. The molecular weight excluding hydrogens is 370 g/mol. The van der Waals surface area contributed by atoms with E-state index in [1.54, 1.807) is 6.20 Å². The van der Waals surface area contributed by atoms with E-state index in [0.717, 1.165) is 32.0 Å². The zero-order chi connectivity index (χ0) is 19.5. The summed E-state index contributed by atoms with van der Waals surface area (Å²) in [4.78, 5) is 22.1. The van der Waals surface area contributed by atoms with Crippen molar-refractivity contribution < 1.29 is 9.53 Å². The minimum absolute atomic E-state index is 0.0435. The van der Waals surface area contributed by atoms with Crippen LogP contribution in [-0.4, -0.2) is 22.5 Å². The maximum atomic E-state index is 12.3. The number of hydrogen-bond donors (Lipinski definition) is 1. The molecule has 6 heteroatoms. The molecule has 0 spiro atoms. The van der Waals surface area contributed by atoms with Crippen molar-refractivity contribution in [1.29, 1.82) is 0 Å². The largest absolute Gasteiger partial charge is 0.484 e. The molecule has 0 bridgehead atoms. The lowest BCUT2D eigenvalue weighted by Crippen LogP contribution is -2.20. The molecule has 2 aromatic heterocycles. The van der Waals surface area contributed by atoms with E-state index < -0.39 is 0 Å². The first-order valence-corrected chi connectivity index (χ1v) is 9.71. The molecule has 0 aliphatic carbocycles. The third-order valence-electron chi connectivity index (χ3n) is 4.12. The van der Waals surface area contributed by atoms with Gasteiger partial charge in [0.2, 0.25) is 0 Å². The van der Waals surface area contributed by atoms with E-state index in [4.69, 9.17) is 4.74 Å². The molecule has 0 aliphatic heterocycles. The molecule has 0 unspecified atom stereocenters. The van der Waals surface area contributed by atoms with Crippen LogP contribution in [0.1, 0.15) is 11.1 Å². The second-order valence-corrected chi connectivity index (χ2v) is 7.57. The molecule has 0 radical (unpaired) electrons. The van der Waals surface area contributed by atoms with Crippen LogP contribution >= 0.6 is 11.3 Å². The normalized spacial score (nSPS) is 10.8. The number of amides is 1.